The van der Waals surface area contributed by atoms with Gasteiger partial charge >= 0.3 is 0 Å². The molecule has 0 radical (unpaired) electrons. The third-order valence-corrected chi connectivity index (χ3v) is 4.84. The third kappa shape index (κ3) is 1.94. The van der Waals surface area contributed by atoms with E-state index >= 15 is 0 Å². The second-order valence-electron chi connectivity index (χ2n) is 5.95. The van der Waals surface area contributed by atoms with E-state index in [0.29, 0.717) is 11.8 Å². The number of imidazole rings is 1. The largest absolute Gasteiger partial charge is 0.384 e. The van der Waals surface area contributed by atoms with Gasteiger partial charge in [-0.1, -0.05) is 25.7 Å². The Kier molecular flexibility index (Phi) is 3.31. The number of aromatic nitrogens is 2. The lowest BCUT2D eigenvalue weighted by atomic mass is 9.83. The Morgan fingerprint density at radius 2 is 1.72 bits per heavy atom. The predicted molar refractivity (Wildman–Crippen MR) is 74.7 cm³/mol. The second kappa shape index (κ2) is 4.94. The van der Waals surface area contributed by atoms with E-state index in [9.17, 15) is 0 Å². The van der Waals surface area contributed by atoms with Crippen LogP contribution in [0.5, 0.6) is 0 Å². The molecule has 3 heteroatoms. The van der Waals surface area contributed by atoms with Gasteiger partial charge in [-0.15, -0.1) is 0 Å². The quantitative estimate of drug-likeness (QED) is 0.883. The second-order valence-corrected chi connectivity index (χ2v) is 5.95. The molecule has 3 rings (SSSR count). The fourth-order valence-corrected chi connectivity index (χ4v) is 3.49. The number of nitrogens with two attached hydrogens (primary N) is 1. The summed E-state index contributed by atoms with van der Waals surface area (Å²) >= 11 is 0. The maximum atomic E-state index is 6.33. The van der Waals surface area contributed by atoms with Crippen molar-refractivity contribution in [3.05, 3.63) is 11.5 Å². The highest BCUT2D eigenvalue weighted by Crippen LogP contribution is 2.41. The molecule has 100 valence electrons. The predicted octanol–water partition coefficient (Wildman–Crippen LogP) is 3.80. The molecule has 18 heavy (non-hydrogen) atoms. The van der Waals surface area contributed by atoms with Crippen LogP contribution in [0.1, 0.15) is 81.6 Å². The van der Waals surface area contributed by atoms with Crippen molar-refractivity contribution in [3.63, 3.8) is 0 Å². The highest BCUT2D eigenvalue weighted by Gasteiger charge is 2.29. The van der Waals surface area contributed by atoms with Gasteiger partial charge in [-0.05, 0) is 32.6 Å². The number of nitrogens with zero attached hydrogens (tertiary/aromatic N) is 2. The molecule has 2 fully saturated rings. The highest BCUT2D eigenvalue weighted by molar-refractivity contribution is 5.42. The summed E-state index contributed by atoms with van der Waals surface area (Å²) in [6, 6.07) is 0. The van der Waals surface area contributed by atoms with Gasteiger partial charge in [-0.3, -0.25) is 0 Å². The molecule has 2 aliphatic carbocycles. The van der Waals surface area contributed by atoms with Crippen molar-refractivity contribution in [3.8, 4) is 0 Å². The molecule has 0 aromatic carbocycles. The molecule has 1 aromatic heterocycles. The van der Waals surface area contributed by atoms with Crippen molar-refractivity contribution >= 4 is 5.82 Å². The van der Waals surface area contributed by atoms with Crippen molar-refractivity contribution in [1.82, 2.24) is 9.55 Å². The zero-order valence-corrected chi connectivity index (χ0v) is 11.5. The monoisotopic (exact) mass is 247 g/mol. The van der Waals surface area contributed by atoms with Crippen LogP contribution in [-0.2, 0) is 6.54 Å². The molecular weight excluding hydrogens is 222 g/mol. The minimum atomic E-state index is 0.653. The Bertz CT molecular complexity index is 412. The van der Waals surface area contributed by atoms with Gasteiger partial charge in [0.1, 0.15) is 11.6 Å². The fourth-order valence-electron chi connectivity index (χ4n) is 3.49. The van der Waals surface area contributed by atoms with E-state index in [1.807, 2.05) is 0 Å². The Morgan fingerprint density at radius 1 is 1.06 bits per heavy atom. The van der Waals surface area contributed by atoms with Crippen molar-refractivity contribution < 1.29 is 0 Å². The van der Waals surface area contributed by atoms with Gasteiger partial charge in [0.15, 0.2) is 0 Å². The smallest absolute Gasteiger partial charge is 0.127 e. The summed E-state index contributed by atoms with van der Waals surface area (Å²) in [5.74, 6) is 3.56. The molecule has 0 aliphatic heterocycles. The van der Waals surface area contributed by atoms with Crippen molar-refractivity contribution in [2.45, 2.75) is 76.7 Å². The normalized spacial score (nSPS) is 22.1. The topological polar surface area (TPSA) is 43.8 Å². The van der Waals surface area contributed by atoms with Gasteiger partial charge in [0.2, 0.25) is 0 Å². The molecule has 1 aromatic rings. The van der Waals surface area contributed by atoms with E-state index in [0.717, 1.165) is 12.4 Å². The van der Waals surface area contributed by atoms with Gasteiger partial charge in [0, 0.05) is 18.4 Å². The van der Waals surface area contributed by atoms with Crippen molar-refractivity contribution in [1.29, 1.82) is 0 Å². The van der Waals surface area contributed by atoms with E-state index in [4.69, 9.17) is 10.7 Å². The lowest BCUT2D eigenvalue weighted by Gasteiger charge is -2.24. The average molecular weight is 247 g/mol. The highest BCUT2D eigenvalue weighted by atomic mass is 15.1. The number of anilines is 1. The maximum Gasteiger partial charge on any atom is 0.127 e. The number of rotatable bonds is 3. The fraction of sp³-hybridized carbons (Fsp3) is 0.800. The number of hydrogen-bond donors (Lipinski definition) is 1. The Balaban J connectivity index is 1.91. The minimum Gasteiger partial charge on any atom is -0.384 e. The number of nitrogen functional groups attached to an aromatic ring is 1. The van der Waals surface area contributed by atoms with Crippen LogP contribution < -0.4 is 5.73 Å². The zero-order valence-electron chi connectivity index (χ0n) is 11.5. The minimum absolute atomic E-state index is 0.653. The molecule has 0 spiro atoms. The molecule has 2 saturated carbocycles. The SMILES string of the molecule is CCn1c(C2CCCCC2)nc(C2CCC2)c1N. The van der Waals surface area contributed by atoms with Crippen LogP contribution in [0, 0.1) is 0 Å². The molecule has 0 unspecified atom stereocenters. The zero-order chi connectivity index (χ0) is 12.5. The van der Waals surface area contributed by atoms with Gasteiger partial charge in [0.25, 0.3) is 0 Å². The van der Waals surface area contributed by atoms with E-state index in [1.165, 1.54) is 62.9 Å². The molecule has 0 bridgehead atoms. The van der Waals surface area contributed by atoms with E-state index in [2.05, 4.69) is 11.5 Å². The van der Waals surface area contributed by atoms with Crippen LogP contribution in [0.3, 0.4) is 0 Å². The maximum absolute atomic E-state index is 6.33. The summed E-state index contributed by atoms with van der Waals surface area (Å²) in [6.07, 6.45) is 10.7. The first-order valence-electron chi connectivity index (χ1n) is 7.67. The van der Waals surface area contributed by atoms with Gasteiger partial charge in [-0.2, -0.15) is 0 Å². The summed E-state index contributed by atoms with van der Waals surface area (Å²) in [7, 11) is 0. The standard InChI is InChI=1S/C15H25N3/c1-2-18-14(16)13(11-9-6-10-11)17-15(18)12-7-4-3-5-8-12/h11-12H,2-10,16H2,1H3. The van der Waals surface area contributed by atoms with E-state index in [-0.39, 0.29) is 0 Å². The van der Waals surface area contributed by atoms with Crippen LogP contribution >= 0.6 is 0 Å². The van der Waals surface area contributed by atoms with Gasteiger partial charge in [0.05, 0.1) is 5.69 Å². The van der Waals surface area contributed by atoms with Crippen LogP contribution in [0.4, 0.5) is 5.82 Å². The van der Waals surface area contributed by atoms with Crippen molar-refractivity contribution in [2.75, 3.05) is 5.73 Å². The molecule has 3 nitrogen and oxygen atoms in total. The first-order chi connectivity index (χ1) is 8.81. The van der Waals surface area contributed by atoms with Crippen molar-refractivity contribution in [2.24, 2.45) is 0 Å². The third-order valence-electron chi connectivity index (χ3n) is 4.84. The first kappa shape index (κ1) is 12.1. The summed E-state index contributed by atoms with van der Waals surface area (Å²) < 4.78 is 2.28. The van der Waals surface area contributed by atoms with E-state index < -0.39 is 0 Å². The lowest BCUT2D eigenvalue weighted by Crippen LogP contribution is -2.13. The summed E-state index contributed by atoms with van der Waals surface area (Å²) in [6.45, 7) is 3.16. The molecule has 1 heterocycles. The molecule has 2 aliphatic rings. The Labute approximate surface area is 110 Å². The Morgan fingerprint density at radius 3 is 2.28 bits per heavy atom. The molecular formula is C15H25N3. The van der Waals surface area contributed by atoms with Crippen LogP contribution in [0.25, 0.3) is 0 Å². The first-order valence-corrected chi connectivity index (χ1v) is 7.67. The lowest BCUT2D eigenvalue weighted by molar-refractivity contribution is 0.405. The summed E-state index contributed by atoms with van der Waals surface area (Å²) in [4.78, 5) is 4.96. The van der Waals surface area contributed by atoms with Crippen LogP contribution in [0.15, 0.2) is 0 Å². The van der Waals surface area contributed by atoms with E-state index in [1.54, 1.807) is 0 Å². The van der Waals surface area contributed by atoms with Crippen LogP contribution in [-0.4, -0.2) is 9.55 Å². The molecule has 0 amide bonds. The summed E-state index contributed by atoms with van der Waals surface area (Å²) in [5, 5.41) is 0. The molecule has 2 N–H and O–H groups in total. The molecule has 0 atom stereocenters. The van der Waals surface area contributed by atoms with Crippen LogP contribution in [0.2, 0.25) is 0 Å². The van der Waals surface area contributed by atoms with Gasteiger partial charge in [-0.25, -0.2) is 4.98 Å². The molecule has 0 saturated heterocycles. The Hall–Kier alpha value is -0.990. The summed E-state index contributed by atoms with van der Waals surface area (Å²) in [5.41, 5.74) is 7.54. The van der Waals surface area contributed by atoms with Gasteiger partial charge < -0.3 is 10.3 Å². The number of hydrogen-bond acceptors (Lipinski definition) is 2. The average Bonchev–Trinajstić information content (AvgIpc) is 2.66.